The van der Waals surface area contributed by atoms with E-state index in [1.165, 1.54) is 0 Å². The predicted molar refractivity (Wildman–Crippen MR) is 235 cm³/mol. The third kappa shape index (κ3) is 9.03. The van der Waals surface area contributed by atoms with Crippen LogP contribution in [0.2, 0.25) is 0 Å². The minimum atomic E-state index is -1.80. The molecule has 388 valence electrons. The molecule has 7 fully saturated rings. The lowest BCUT2D eigenvalue weighted by molar-refractivity contribution is -0.378. The molecule has 67 heavy (non-hydrogen) atoms. The van der Waals surface area contributed by atoms with E-state index in [0.717, 1.165) is 19.3 Å². The molecular formula is C48H82O19. The zero-order valence-electron chi connectivity index (χ0n) is 40.2. The van der Waals surface area contributed by atoms with E-state index < -0.39 is 147 Å². The Bertz CT molecular complexity index is 1700. The van der Waals surface area contributed by atoms with Crippen molar-refractivity contribution in [2.75, 3.05) is 19.8 Å². The van der Waals surface area contributed by atoms with Gasteiger partial charge in [-0.05, 0) is 117 Å². The second kappa shape index (κ2) is 19.8. The lowest BCUT2D eigenvalue weighted by Gasteiger charge is -2.71. The molecule has 0 aromatic carbocycles. The summed E-state index contributed by atoms with van der Waals surface area (Å²) in [4.78, 5) is 0. The van der Waals surface area contributed by atoms with E-state index in [9.17, 15) is 66.4 Å². The van der Waals surface area contributed by atoms with Gasteiger partial charge in [0, 0.05) is 0 Å². The first kappa shape index (κ1) is 53.8. The van der Waals surface area contributed by atoms with Gasteiger partial charge in [-0.2, -0.15) is 0 Å². The molecule has 0 aromatic rings. The molecule has 4 aliphatic carbocycles. The highest BCUT2D eigenvalue weighted by atomic mass is 16.8. The van der Waals surface area contributed by atoms with Gasteiger partial charge in [0.1, 0.15) is 73.2 Å². The first-order chi connectivity index (χ1) is 31.3. The van der Waals surface area contributed by atoms with Gasteiger partial charge in [-0.25, -0.2) is 0 Å². The molecule has 3 saturated heterocycles. The molecule has 19 nitrogen and oxygen atoms in total. The van der Waals surface area contributed by atoms with E-state index in [1.54, 1.807) is 6.92 Å². The molecule has 1 unspecified atom stereocenters. The Morgan fingerprint density at radius 2 is 1.16 bits per heavy atom. The fourth-order valence-corrected chi connectivity index (χ4v) is 14.9. The number of ether oxygens (including phenoxy) is 6. The van der Waals surface area contributed by atoms with Crippen molar-refractivity contribution in [2.24, 2.45) is 45.3 Å². The van der Waals surface area contributed by atoms with Crippen molar-refractivity contribution in [3.8, 4) is 0 Å². The molecule has 0 spiro atoms. The quantitative estimate of drug-likeness (QED) is 0.0729. The van der Waals surface area contributed by atoms with Gasteiger partial charge in [0.25, 0.3) is 0 Å². The molecule has 19 heteroatoms. The summed E-state index contributed by atoms with van der Waals surface area (Å²) in [6, 6.07) is 0. The summed E-state index contributed by atoms with van der Waals surface area (Å²) in [5, 5.41) is 140. The highest BCUT2D eigenvalue weighted by Crippen LogP contribution is 2.76. The Morgan fingerprint density at radius 1 is 0.642 bits per heavy atom. The molecule has 0 amide bonds. The van der Waals surface area contributed by atoms with Crippen molar-refractivity contribution in [1.29, 1.82) is 0 Å². The van der Waals surface area contributed by atoms with E-state index in [0.29, 0.717) is 37.7 Å². The van der Waals surface area contributed by atoms with E-state index >= 15 is 0 Å². The number of aliphatic hydroxyl groups is 13. The van der Waals surface area contributed by atoms with E-state index in [-0.39, 0.29) is 40.9 Å². The maximum Gasteiger partial charge on any atom is 0.187 e. The van der Waals surface area contributed by atoms with Crippen LogP contribution >= 0.6 is 0 Å². The third-order valence-electron chi connectivity index (χ3n) is 19.1. The Hall–Kier alpha value is -1.02. The van der Waals surface area contributed by atoms with Crippen LogP contribution in [0.15, 0.2) is 12.2 Å². The van der Waals surface area contributed by atoms with Crippen LogP contribution in [-0.4, -0.2) is 202 Å². The van der Waals surface area contributed by atoms with Gasteiger partial charge >= 0.3 is 0 Å². The second-order valence-corrected chi connectivity index (χ2v) is 23.0. The Balaban J connectivity index is 1.13. The van der Waals surface area contributed by atoms with Gasteiger partial charge in [-0.15, -0.1) is 0 Å². The molecule has 13 N–H and O–H groups in total. The molecule has 7 aliphatic rings. The van der Waals surface area contributed by atoms with Crippen molar-refractivity contribution in [3.63, 3.8) is 0 Å². The number of fused-ring (bicyclic) bond motifs is 5. The molecule has 7 rings (SSSR count). The second-order valence-electron chi connectivity index (χ2n) is 23.0. The molecule has 4 saturated carbocycles. The first-order valence-corrected chi connectivity index (χ1v) is 24.5. The number of rotatable bonds is 14. The van der Waals surface area contributed by atoms with Crippen LogP contribution in [0.4, 0.5) is 0 Å². The van der Waals surface area contributed by atoms with Gasteiger partial charge in [0.15, 0.2) is 18.9 Å². The summed E-state index contributed by atoms with van der Waals surface area (Å²) in [6.45, 7) is 16.8. The van der Waals surface area contributed by atoms with Crippen LogP contribution in [0, 0.1) is 45.3 Å². The van der Waals surface area contributed by atoms with E-state index in [2.05, 4.69) is 41.2 Å². The van der Waals surface area contributed by atoms with Crippen LogP contribution < -0.4 is 0 Å². The van der Waals surface area contributed by atoms with Crippen molar-refractivity contribution >= 4 is 0 Å². The van der Waals surface area contributed by atoms with Gasteiger partial charge < -0.3 is 94.8 Å². The van der Waals surface area contributed by atoms with Crippen LogP contribution in [0.3, 0.4) is 0 Å². The SMILES string of the molecule is C=C(C)C(O)CC[C@](C)(O[C@@H]1O[C@H](CO)[C@@H](O)[C@H](O)[C@H]1O)[C@H]1CC[C@]2(C)[C@@H]1[C@H](O)C[C@@H]1[C@@]3(C)CC[C@H](O[C@@H]4O[C@H](CO)[C@@H](O)[C@H](O)[C@H]4O[C@@H]4O[C@H](CO)[C@@H](O)[C@H](O)[C@H]4O)C(C)(C)[C@@H]3CC[C@]12C. The summed E-state index contributed by atoms with van der Waals surface area (Å²) < 4.78 is 37.1. The summed E-state index contributed by atoms with van der Waals surface area (Å²) in [6.07, 6.45) is -19.9. The Morgan fingerprint density at radius 3 is 1.73 bits per heavy atom. The Kier molecular flexibility index (Phi) is 15.9. The van der Waals surface area contributed by atoms with Crippen molar-refractivity contribution in [3.05, 3.63) is 12.2 Å². The van der Waals surface area contributed by atoms with Crippen molar-refractivity contribution < 1.29 is 94.8 Å². The molecule has 3 aliphatic heterocycles. The monoisotopic (exact) mass is 963 g/mol. The molecule has 26 atom stereocenters. The van der Waals surface area contributed by atoms with Gasteiger partial charge in [0.05, 0.1) is 43.7 Å². The average molecular weight is 963 g/mol. The highest BCUT2D eigenvalue weighted by Gasteiger charge is 2.72. The molecule has 0 aromatic heterocycles. The predicted octanol–water partition coefficient (Wildman–Crippen LogP) is -1.06. The van der Waals surface area contributed by atoms with Crippen LogP contribution in [0.1, 0.15) is 106 Å². The Labute approximate surface area is 393 Å². The minimum absolute atomic E-state index is 0.0563. The van der Waals surface area contributed by atoms with Gasteiger partial charge in [0.2, 0.25) is 0 Å². The number of hydrogen-bond acceptors (Lipinski definition) is 19. The zero-order valence-corrected chi connectivity index (χ0v) is 40.2. The summed E-state index contributed by atoms with van der Waals surface area (Å²) in [5.74, 6) is -0.446. The molecule has 3 heterocycles. The van der Waals surface area contributed by atoms with Crippen molar-refractivity contribution in [1.82, 2.24) is 0 Å². The summed E-state index contributed by atoms with van der Waals surface area (Å²) in [7, 11) is 0. The van der Waals surface area contributed by atoms with E-state index in [4.69, 9.17) is 28.4 Å². The lowest BCUT2D eigenvalue weighted by Crippen LogP contribution is -2.68. The summed E-state index contributed by atoms with van der Waals surface area (Å²) in [5.41, 5.74) is -2.06. The third-order valence-corrected chi connectivity index (χ3v) is 19.1. The number of hydrogen-bond donors (Lipinski definition) is 13. The zero-order chi connectivity index (χ0) is 49.5. The smallest absolute Gasteiger partial charge is 0.187 e. The van der Waals surface area contributed by atoms with E-state index in [1.807, 2.05) is 6.92 Å². The normalized spacial score (nSPS) is 52.3. The van der Waals surface area contributed by atoms with Crippen LogP contribution in [-0.2, 0) is 28.4 Å². The molecule has 0 radical (unpaired) electrons. The van der Waals surface area contributed by atoms with Gasteiger partial charge in [-0.3, -0.25) is 0 Å². The topological polar surface area (TPSA) is 318 Å². The lowest BCUT2D eigenvalue weighted by atomic mass is 9.35. The highest BCUT2D eigenvalue weighted by molar-refractivity contribution is 5.20. The number of aliphatic hydroxyl groups excluding tert-OH is 13. The summed E-state index contributed by atoms with van der Waals surface area (Å²) >= 11 is 0. The first-order valence-electron chi connectivity index (χ1n) is 24.5. The fraction of sp³-hybridized carbons (Fsp3) is 0.958. The minimum Gasteiger partial charge on any atom is -0.394 e. The van der Waals surface area contributed by atoms with Crippen molar-refractivity contribution in [2.45, 2.75) is 222 Å². The van der Waals surface area contributed by atoms with Crippen LogP contribution in [0.25, 0.3) is 0 Å². The average Bonchev–Trinajstić information content (AvgIpc) is 3.67. The molecule has 0 bridgehead atoms. The largest absolute Gasteiger partial charge is 0.394 e. The maximum absolute atomic E-state index is 12.7. The van der Waals surface area contributed by atoms with Crippen LogP contribution in [0.5, 0.6) is 0 Å². The van der Waals surface area contributed by atoms with Gasteiger partial charge in [-0.1, -0.05) is 46.8 Å². The molecular weight excluding hydrogens is 881 g/mol. The fourth-order valence-electron chi connectivity index (χ4n) is 14.9. The standard InChI is InChI=1S/C48H82O19/c1-21(2)23(52)10-16-48(8,67-42-39(61)36(58)33(55)26(19-50)63-42)22-9-14-47(7)31(22)24(53)17-29-45(5)13-12-30(44(3,4)28(45)11-15-46(29,47)6)65-43-40(37(59)34(56)27(20-51)64-43)66-41-38(60)35(57)32(54)25(18-49)62-41/h22-43,49-61H,1,9-20H2,2-8H3/t22-,23?,24+,25+,26+,27+,28-,29+,30-,31-,32+,33+,34+,35-,36-,37-,38+,39+,40+,41-,42-,43-,45-,46+,47+,48-/m0/s1. The maximum atomic E-state index is 12.7.